The van der Waals surface area contributed by atoms with E-state index in [-0.39, 0.29) is 18.2 Å². The standard InChI is InChI=1S/C23H19ClN4O4S/c1-13-9-20(27-32-13)26-21(29)10-14-3-4-15(11-16(14)24)31-18-5-6-25-17-12-19(33-22(17)18)23(30)28-7-2-8-28/h3-6,9,11-12H,2,7-8,10H2,1H3,(H,26,27,29). The third-order valence-corrected chi connectivity index (χ3v) is 6.71. The van der Waals surface area contributed by atoms with E-state index in [1.54, 1.807) is 49.5 Å². The van der Waals surface area contributed by atoms with E-state index in [0.717, 1.165) is 24.2 Å². The van der Waals surface area contributed by atoms with Crippen molar-refractivity contribution < 1.29 is 18.8 Å². The van der Waals surface area contributed by atoms with Crippen LogP contribution >= 0.6 is 22.9 Å². The summed E-state index contributed by atoms with van der Waals surface area (Å²) in [5.74, 6) is 1.86. The number of fused-ring (bicyclic) bond motifs is 1. The Morgan fingerprint density at radius 2 is 2.09 bits per heavy atom. The first-order valence-electron chi connectivity index (χ1n) is 10.3. The summed E-state index contributed by atoms with van der Waals surface area (Å²) in [4.78, 5) is 31.7. The molecule has 168 valence electrons. The Morgan fingerprint density at radius 3 is 2.79 bits per heavy atom. The van der Waals surface area contributed by atoms with Crippen molar-refractivity contribution in [2.45, 2.75) is 19.8 Å². The van der Waals surface area contributed by atoms with Gasteiger partial charge >= 0.3 is 0 Å². The van der Waals surface area contributed by atoms with Gasteiger partial charge in [0, 0.05) is 36.4 Å². The molecular formula is C23H19ClN4O4S. The van der Waals surface area contributed by atoms with E-state index >= 15 is 0 Å². The summed E-state index contributed by atoms with van der Waals surface area (Å²) in [6.07, 6.45) is 2.77. The Morgan fingerprint density at radius 1 is 1.24 bits per heavy atom. The van der Waals surface area contributed by atoms with E-state index in [2.05, 4.69) is 15.5 Å². The van der Waals surface area contributed by atoms with Crippen molar-refractivity contribution in [3.63, 3.8) is 0 Å². The quantitative estimate of drug-likeness (QED) is 0.412. The molecule has 0 unspecified atom stereocenters. The Hall–Kier alpha value is -3.43. The number of nitrogens with one attached hydrogen (secondary N) is 1. The third-order valence-electron chi connectivity index (χ3n) is 5.23. The number of anilines is 1. The van der Waals surface area contributed by atoms with Crippen molar-refractivity contribution in [2.24, 2.45) is 0 Å². The summed E-state index contributed by atoms with van der Waals surface area (Å²) in [6, 6.07) is 10.4. The van der Waals surface area contributed by atoms with Crippen LogP contribution in [0.4, 0.5) is 5.82 Å². The van der Waals surface area contributed by atoms with Gasteiger partial charge in [-0.25, -0.2) is 0 Å². The number of amides is 2. The van der Waals surface area contributed by atoms with Crippen LogP contribution in [0.15, 0.2) is 47.1 Å². The number of halogens is 1. The van der Waals surface area contributed by atoms with E-state index in [1.807, 2.05) is 4.90 Å². The number of aryl methyl sites for hydroxylation is 1. The number of carbonyl (C=O) groups excluding carboxylic acids is 2. The maximum Gasteiger partial charge on any atom is 0.264 e. The van der Waals surface area contributed by atoms with Crippen molar-refractivity contribution in [3.05, 3.63) is 63.8 Å². The Labute approximate surface area is 198 Å². The van der Waals surface area contributed by atoms with Gasteiger partial charge in [-0.05, 0) is 37.1 Å². The average molecular weight is 483 g/mol. The van der Waals surface area contributed by atoms with Gasteiger partial charge in [0.05, 0.1) is 21.5 Å². The fourth-order valence-electron chi connectivity index (χ4n) is 3.42. The molecule has 0 atom stereocenters. The first-order chi connectivity index (χ1) is 16.0. The van der Waals surface area contributed by atoms with Crippen molar-refractivity contribution in [1.29, 1.82) is 0 Å². The maximum atomic E-state index is 12.6. The zero-order valence-electron chi connectivity index (χ0n) is 17.6. The molecule has 4 aromatic rings. The van der Waals surface area contributed by atoms with Crippen LogP contribution in [0.5, 0.6) is 11.5 Å². The fraction of sp³-hybridized carbons (Fsp3) is 0.217. The van der Waals surface area contributed by atoms with E-state index in [1.165, 1.54) is 11.3 Å². The number of pyridine rings is 1. The van der Waals surface area contributed by atoms with Gasteiger partial charge in [0.2, 0.25) is 5.91 Å². The van der Waals surface area contributed by atoms with Crippen molar-refractivity contribution in [1.82, 2.24) is 15.0 Å². The molecule has 0 bridgehead atoms. The third kappa shape index (κ3) is 4.55. The highest BCUT2D eigenvalue weighted by atomic mass is 35.5. The van der Waals surface area contributed by atoms with Gasteiger partial charge in [-0.15, -0.1) is 11.3 Å². The number of benzene rings is 1. The number of carbonyl (C=O) groups is 2. The summed E-state index contributed by atoms with van der Waals surface area (Å²) >= 11 is 7.78. The molecule has 5 rings (SSSR count). The van der Waals surface area contributed by atoms with E-state index in [9.17, 15) is 9.59 Å². The molecule has 8 nitrogen and oxygen atoms in total. The molecule has 1 fully saturated rings. The molecule has 1 N–H and O–H groups in total. The van der Waals surface area contributed by atoms with Gasteiger partial charge in [-0.1, -0.05) is 22.8 Å². The molecule has 33 heavy (non-hydrogen) atoms. The number of hydrogen-bond acceptors (Lipinski definition) is 7. The number of nitrogens with zero attached hydrogens (tertiary/aromatic N) is 3. The Kier molecular flexibility index (Phi) is 5.74. The molecule has 1 aromatic carbocycles. The second-order valence-electron chi connectivity index (χ2n) is 7.68. The molecule has 1 saturated heterocycles. The largest absolute Gasteiger partial charge is 0.456 e. The van der Waals surface area contributed by atoms with E-state index in [0.29, 0.717) is 44.1 Å². The number of rotatable bonds is 6. The summed E-state index contributed by atoms with van der Waals surface area (Å²) in [5, 5.41) is 6.83. The Bertz CT molecular complexity index is 1360. The number of ether oxygens (including phenoxy) is 1. The van der Waals surface area contributed by atoms with Gasteiger partial charge in [0.15, 0.2) is 5.82 Å². The van der Waals surface area contributed by atoms with Crippen molar-refractivity contribution in [2.75, 3.05) is 18.4 Å². The highest BCUT2D eigenvalue weighted by Gasteiger charge is 2.24. The van der Waals surface area contributed by atoms with E-state index in [4.69, 9.17) is 20.9 Å². The summed E-state index contributed by atoms with van der Waals surface area (Å²) < 4.78 is 11.8. The molecule has 1 aliphatic rings. The second-order valence-corrected chi connectivity index (χ2v) is 9.14. The number of thiophene rings is 1. The van der Waals surface area contributed by atoms with Crippen molar-refractivity contribution >= 4 is 50.8 Å². The molecule has 1 aliphatic heterocycles. The lowest BCUT2D eigenvalue weighted by Gasteiger charge is -2.30. The molecule has 4 heterocycles. The number of hydrogen-bond donors (Lipinski definition) is 1. The minimum absolute atomic E-state index is 0.0293. The van der Waals surface area contributed by atoms with Crippen LogP contribution in [0, 0.1) is 6.92 Å². The lowest BCUT2D eigenvalue weighted by atomic mass is 10.1. The predicted molar refractivity (Wildman–Crippen MR) is 125 cm³/mol. The fourth-order valence-corrected chi connectivity index (χ4v) is 4.69. The predicted octanol–water partition coefficient (Wildman–Crippen LogP) is 5.07. The zero-order chi connectivity index (χ0) is 22.9. The maximum absolute atomic E-state index is 12.6. The monoisotopic (exact) mass is 482 g/mol. The molecule has 2 amide bonds. The van der Waals surface area contributed by atoms with Crippen LogP contribution in [0.1, 0.15) is 27.4 Å². The van der Waals surface area contributed by atoms with Crippen LogP contribution in [0.25, 0.3) is 10.2 Å². The normalized spacial score (nSPS) is 13.1. The van der Waals surface area contributed by atoms with Crippen LogP contribution in [-0.2, 0) is 11.2 Å². The minimum Gasteiger partial charge on any atom is -0.456 e. The van der Waals surface area contributed by atoms with Gasteiger partial charge in [0.25, 0.3) is 5.91 Å². The summed E-state index contributed by atoms with van der Waals surface area (Å²) in [6.45, 7) is 3.34. The van der Waals surface area contributed by atoms with Gasteiger partial charge in [-0.3, -0.25) is 14.6 Å². The number of likely N-dealkylation sites (tertiary alicyclic amines) is 1. The molecule has 0 aliphatic carbocycles. The van der Waals surface area contributed by atoms with Crippen LogP contribution in [0.2, 0.25) is 5.02 Å². The SMILES string of the molecule is Cc1cc(NC(=O)Cc2ccc(Oc3ccnc4cc(C(=O)N5CCC5)sc34)cc2Cl)no1. The zero-order valence-corrected chi connectivity index (χ0v) is 19.2. The molecule has 3 aromatic heterocycles. The average Bonchev–Trinajstić information content (AvgIpc) is 3.35. The molecule has 10 heteroatoms. The summed E-state index contributed by atoms with van der Waals surface area (Å²) in [5.41, 5.74) is 1.36. The van der Waals surface area contributed by atoms with Crippen LogP contribution < -0.4 is 10.1 Å². The smallest absolute Gasteiger partial charge is 0.264 e. The summed E-state index contributed by atoms with van der Waals surface area (Å²) in [7, 11) is 0. The van der Waals surface area contributed by atoms with Gasteiger partial charge in [0.1, 0.15) is 17.3 Å². The Balaban J connectivity index is 1.31. The van der Waals surface area contributed by atoms with Gasteiger partial charge in [-0.2, -0.15) is 0 Å². The minimum atomic E-state index is -0.257. The van der Waals surface area contributed by atoms with Crippen LogP contribution in [0.3, 0.4) is 0 Å². The highest BCUT2D eigenvalue weighted by molar-refractivity contribution is 7.21. The topological polar surface area (TPSA) is 97.6 Å². The molecular weight excluding hydrogens is 464 g/mol. The second kappa shape index (κ2) is 8.84. The van der Waals surface area contributed by atoms with Crippen molar-refractivity contribution in [3.8, 4) is 11.5 Å². The lowest BCUT2D eigenvalue weighted by molar-refractivity contribution is -0.115. The van der Waals surface area contributed by atoms with Gasteiger partial charge < -0.3 is 19.5 Å². The lowest BCUT2D eigenvalue weighted by Crippen LogP contribution is -2.41. The highest BCUT2D eigenvalue weighted by Crippen LogP contribution is 2.36. The molecule has 0 saturated carbocycles. The number of aromatic nitrogens is 2. The molecule has 0 radical (unpaired) electrons. The van der Waals surface area contributed by atoms with Crippen LogP contribution in [-0.4, -0.2) is 39.9 Å². The van der Waals surface area contributed by atoms with E-state index < -0.39 is 0 Å². The molecule has 0 spiro atoms. The first kappa shape index (κ1) is 21.4. The first-order valence-corrected chi connectivity index (χ1v) is 11.5.